The molecule has 0 aliphatic heterocycles. The number of carbonyl (C=O) groups is 1. The van der Waals surface area contributed by atoms with Gasteiger partial charge < -0.3 is 9.73 Å². The summed E-state index contributed by atoms with van der Waals surface area (Å²) in [6.07, 6.45) is 4.07. The van der Waals surface area contributed by atoms with Crippen LogP contribution in [0.4, 0.5) is 0 Å². The maximum Gasteiger partial charge on any atom is 0.220 e. The number of amides is 1. The molecule has 0 aromatic carbocycles. The van der Waals surface area contributed by atoms with Crippen LogP contribution in [0.1, 0.15) is 39.4 Å². The minimum Gasteiger partial charge on any atom is -0.469 e. The highest BCUT2D eigenvalue weighted by atomic mass is 16.3. The summed E-state index contributed by atoms with van der Waals surface area (Å²) in [5.41, 5.74) is 0. The predicted octanol–water partition coefficient (Wildman–Crippen LogP) is 2.76. The van der Waals surface area contributed by atoms with Crippen molar-refractivity contribution in [3.8, 4) is 0 Å². The lowest BCUT2D eigenvalue weighted by Gasteiger charge is -2.14. The van der Waals surface area contributed by atoms with E-state index >= 15 is 0 Å². The van der Waals surface area contributed by atoms with Crippen LogP contribution in [0.3, 0.4) is 0 Å². The third kappa shape index (κ3) is 5.01. The SMILES string of the molecule is CC(C)CC(=O)N[C@H](C)CCc1ccco1. The van der Waals surface area contributed by atoms with Gasteiger partial charge in [-0.1, -0.05) is 13.8 Å². The molecule has 0 spiro atoms. The highest BCUT2D eigenvalue weighted by Gasteiger charge is 2.09. The Morgan fingerprint density at radius 1 is 1.44 bits per heavy atom. The van der Waals surface area contributed by atoms with Crippen molar-refractivity contribution in [1.82, 2.24) is 5.32 Å². The van der Waals surface area contributed by atoms with E-state index in [1.807, 2.05) is 32.9 Å². The van der Waals surface area contributed by atoms with Crippen LogP contribution in [0.15, 0.2) is 22.8 Å². The third-order valence-electron chi connectivity index (χ3n) is 2.40. The molecule has 1 atom stereocenters. The largest absolute Gasteiger partial charge is 0.469 e. The average molecular weight is 223 g/mol. The van der Waals surface area contributed by atoms with Crippen LogP contribution in [0.5, 0.6) is 0 Å². The van der Waals surface area contributed by atoms with E-state index in [1.165, 1.54) is 0 Å². The standard InChI is InChI=1S/C13H21NO2/c1-10(2)9-13(15)14-11(3)6-7-12-5-4-8-16-12/h4-5,8,10-11H,6-7,9H2,1-3H3,(H,14,15)/t11-/m1/s1. The molecular weight excluding hydrogens is 202 g/mol. The zero-order chi connectivity index (χ0) is 12.0. The van der Waals surface area contributed by atoms with Crippen LogP contribution in [0.25, 0.3) is 0 Å². The van der Waals surface area contributed by atoms with Gasteiger partial charge in [-0.2, -0.15) is 0 Å². The summed E-state index contributed by atoms with van der Waals surface area (Å²) in [7, 11) is 0. The van der Waals surface area contributed by atoms with Crippen molar-refractivity contribution >= 4 is 5.91 Å². The van der Waals surface area contributed by atoms with E-state index in [-0.39, 0.29) is 11.9 Å². The molecule has 1 heterocycles. The van der Waals surface area contributed by atoms with E-state index in [0.717, 1.165) is 18.6 Å². The van der Waals surface area contributed by atoms with Crippen LogP contribution in [0.2, 0.25) is 0 Å². The van der Waals surface area contributed by atoms with Gasteiger partial charge in [-0.05, 0) is 31.4 Å². The fourth-order valence-corrected chi connectivity index (χ4v) is 1.59. The van der Waals surface area contributed by atoms with Gasteiger partial charge in [-0.25, -0.2) is 0 Å². The summed E-state index contributed by atoms with van der Waals surface area (Å²) in [4.78, 5) is 11.5. The predicted molar refractivity (Wildman–Crippen MR) is 64.1 cm³/mol. The maximum absolute atomic E-state index is 11.5. The Morgan fingerprint density at radius 3 is 2.75 bits per heavy atom. The van der Waals surface area contributed by atoms with Crippen LogP contribution in [0, 0.1) is 5.92 Å². The summed E-state index contributed by atoms with van der Waals surface area (Å²) in [6.45, 7) is 6.13. The first-order valence-corrected chi connectivity index (χ1v) is 5.89. The molecule has 0 bridgehead atoms. The van der Waals surface area contributed by atoms with Gasteiger partial charge in [0.1, 0.15) is 5.76 Å². The van der Waals surface area contributed by atoms with Crippen molar-refractivity contribution in [2.24, 2.45) is 5.92 Å². The monoisotopic (exact) mass is 223 g/mol. The summed E-state index contributed by atoms with van der Waals surface area (Å²) < 4.78 is 5.24. The highest BCUT2D eigenvalue weighted by molar-refractivity contribution is 5.76. The number of nitrogens with one attached hydrogen (secondary N) is 1. The third-order valence-corrected chi connectivity index (χ3v) is 2.40. The first-order valence-electron chi connectivity index (χ1n) is 5.89. The molecule has 1 aromatic rings. The fourth-order valence-electron chi connectivity index (χ4n) is 1.59. The van der Waals surface area contributed by atoms with Crippen molar-refractivity contribution in [3.05, 3.63) is 24.2 Å². The van der Waals surface area contributed by atoms with E-state index in [9.17, 15) is 4.79 Å². The zero-order valence-corrected chi connectivity index (χ0v) is 10.3. The zero-order valence-electron chi connectivity index (χ0n) is 10.3. The Balaban J connectivity index is 2.20. The van der Waals surface area contributed by atoms with Crippen molar-refractivity contribution in [3.63, 3.8) is 0 Å². The second-order valence-electron chi connectivity index (χ2n) is 4.68. The highest BCUT2D eigenvalue weighted by Crippen LogP contribution is 2.06. The topological polar surface area (TPSA) is 42.2 Å². The van der Waals surface area contributed by atoms with Gasteiger partial charge in [0.2, 0.25) is 5.91 Å². The molecule has 0 saturated carbocycles. The number of hydrogen-bond acceptors (Lipinski definition) is 2. The van der Waals surface area contributed by atoms with Gasteiger partial charge in [-0.3, -0.25) is 4.79 Å². The van der Waals surface area contributed by atoms with E-state index in [0.29, 0.717) is 12.3 Å². The first kappa shape index (κ1) is 12.8. The lowest BCUT2D eigenvalue weighted by atomic mass is 10.1. The number of carbonyl (C=O) groups excluding carboxylic acids is 1. The molecule has 0 saturated heterocycles. The number of aryl methyl sites for hydroxylation is 1. The fraction of sp³-hybridized carbons (Fsp3) is 0.615. The van der Waals surface area contributed by atoms with Gasteiger partial charge in [0, 0.05) is 18.9 Å². The molecule has 1 aromatic heterocycles. The molecule has 0 aliphatic rings. The molecule has 0 fully saturated rings. The average Bonchev–Trinajstić information content (AvgIpc) is 2.65. The first-order chi connectivity index (χ1) is 7.58. The Kier molecular flexibility index (Phi) is 5.09. The molecule has 90 valence electrons. The molecule has 0 aliphatic carbocycles. The summed E-state index contributed by atoms with van der Waals surface area (Å²) in [5.74, 6) is 1.53. The molecular formula is C13H21NO2. The van der Waals surface area contributed by atoms with Gasteiger partial charge in [0.05, 0.1) is 6.26 Å². The van der Waals surface area contributed by atoms with Gasteiger partial charge >= 0.3 is 0 Å². The Bertz CT molecular complexity index is 304. The number of rotatable bonds is 6. The number of furan rings is 1. The molecule has 1 N–H and O–H groups in total. The van der Waals surface area contributed by atoms with E-state index in [2.05, 4.69) is 5.32 Å². The maximum atomic E-state index is 11.5. The van der Waals surface area contributed by atoms with E-state index < -0.39 is 0 Å². The van der Waals surface area contributed by atoms with Gasteiger partial charge in [0.15, 0.2) is 0 Å². The van der Waals surface area contributed by atoms with Crippen molar-refractivity contribution in [1.29, 1.82) is 0 Å². The van der Waals surface area contributed by atoms with Gasteiger partial charge in [-0.15, -0.1) is 0 Å². The van der Waals surface area contributed by atoms with Crippen molar-refractivity contribution < 1.29 is 9.21 Å². The molecule has 0 unspecified atom stereocenters. The van der Waals surface area contributed by atoms with Crippen LogP contribution < -0.4 is 5.32 Å². The molecule has 1 rings (SSSR count). The lowest BCUT2D eigenvalue weighted by molar-refractivity contribution is -0.122. The van der Waals surface area contributed by atoms with E-state index in [1.54, 1.807) is 6.26 Å². The number of hydrogen-bond donors (Lipinski definition) is 1. The van der Waals surface area contributed by atoms with E-state index in [4.69, 9.17) is 4.42 Å². The molecule has 1 amide bonds. The quantitative estimate of drug-likeness (QED) is 0.805. The molecule has 16 heavy (non-hydrogen) atoms. The summed E-state index contributed by atoms with van der Waals surface area (Å²) >= 11 is 0. The summed E-state index contributed by atoms with van der Waals surface area (Å²) in [6, 6.07) is 4.05. The Hall–Kier alpha value is -1.25. The summed E-state index contributed by atoms with van der Waals surface area (Å²) in [5, 5.41) is 2.99. The Labute approximate surface area is 97.2 Å². The molecule has 3 nitrogen and oxygen atoms in total. The van der Waals surface area contributed by atoms with Gasteiger partial charge in [0.25, 0.3) is 0 Å². The second kappa shape index (κ2) is 6.36. The molecule has 3 heteroatoms. The minimum absolute atomic E-state index is 0.141. The van der Waals surface area contributed by atoms with Crippen LogP contribution >= 0.6 is 0 Å². The lowest BCUT2D eigenvalue weighted by Crippen LogP contribution is -2.33. The van der Waals surface area contributed by atoms with Crippen LogP contribution in [-0.4, -0.2) is 11.9 Å². The Morgan fingerprint density at radius 2 is 2.19 bits per heavy atom. The molecule has 0 radical (unpaired) electrons. The second-order valence-corrected chi connectivity index (χ2v) is 4.68. The normalized spacial score (nSPS) is 12.8. The minimum atomic E-state index is 0.141. The van der Waals surface area contributed by atoms with Crippen molar-refractivity contribution in [2.75, 3.05) is 0 Å². The van der Waals surface area contributed by atoms with Crippen LogP contribution in [-0.2, 0) is 11.2 Å². The smallest absolute Gasteiger partial charge is 0.220 e. The van der Waals surface area contributed by atoms with Crippen molar-refractivity contribution in [2.45, 2.75) is 46.1 Å².